The van der Waals surface area contributed by atoms with Gasteiger partial charge in [0, 0.05) is 17.7 Å². The Morgan fingerprint density at radius 3 is 2.50 bits per heavy atom. The van der Waals surface area contributed by atoms with Gasteiger partial charge in [-0.3, -0.25) is 4.79 Å². The second-order valence-electron chi connectivity index (χ2n) is 4.31. The summed E-state index contributed by atoms with van der Waals surface area (Å²) in [5.41, 5.74) is 1.79. The summed E-state index contributed by atoms with van der Waals surface area (Å²) in [5, 5.41) is 11.2. The van der Waals surface area contributed by atoms with Gasteiger partial charge in [-0.1, -0.05) is 30.3 Å². The predicted molar refractivity (Wildman–Crippen MR) is 73.3 cm³/mol. The lowest BCUT2D eigenvalue weighted by molar-refractivity contribution is 0.0950. The highest BCUT2D eigenvalue weighted by Crippen LogP contribution is 2.08. The first-order valence-electron chi connectivity index (χ1n) is 6.18. The van der Waals surface area contributed by atoms with Crippen LogP contribution in [-0.2, 0) is 13.0 Å². The number of halogens is 1. The lowest BCUT2D eigenvalue weighted by Gasteiger charge is -2.06. The van der Waals surface area contributed by atoms with Crippen LogP contribution < -0.4 is 5.32 Å². The third kappa shape index (κ3) is 3.42. The molecule has 0 aliphatic carbocycles. The molecule has 0 aliphatic rings. The van der Waals surface area contributed by atoms with Gasteiger partial charge in [0.25, 0.3) is 5.91 Å². The first-order valence-corrected chi connectivity index (χ1v) is 6.18. The summed E-state index contributed by atoms with van der Waals surface area (Å²) in [6.07, 6.45) is 0.317. The van der Waals surface area contributed by atoms with E-state index in [4.69, 9.17) is 5.26 Å². The van der Waals surface area contributed by atoms with Gasteiger partial charge in [-0.15, -0.1) is 0 Å². The fourth-order valence-electron chi connectivity index (χ4n) is 1.78. The van der Waals surface area contributed by atoms with E-state index in [-0.39, 0.29) is 18.3 Å². The Bertz CT molecular complexity index is 644. The van der Waals surface area contributed by atoms with E-state index < -0.39 is 0 Å². The van der Waals surface area contributed by atoms with E-state index in [1.165, 1.54) is 6.07 Å². The number of hydrogen-bond donors (Lipinski definition) is 1. The molecule has 4 heteroatoms. The number of carbonyl (C=O) groups is 1. The van der Waals surface area contributed by atoms with Crippen LogP contribution >= 0.6 is 0 Å². The summed E-state index contributed by atoms with van der Waals surface area (Å²) in [4.78, 5) is 11.9. The van der Waals surface area contributed by atoms with E-state index in [2.05, 4.69) is 5.32 Å². The highest BCUT2D eigenvalue weighted by atomic mass is 19.1. The van der Waals surface area contributed by atoms with Crippen molar-refractivity contribution in [2.75, 3.05) is 0 Å². The van der Waals surface area contributed by atoms with E-state index in [0.717, 1.165) is 5.56 Å². The van der Waals surface area contributed by atoms with Crippen LogP contribution in [0.3, 0.4) is 0 Å². The number of nitrogens with zero attached hydrogens (tertiary/aromatic N) is 1. The van der Waals surface area contributed by atoms with Gasteiger partial charge >= 0.3 is 0 Å². The molecule has 2 aromatic carbocycles. The van der Waals surface area contributed by atoms with Crippen molar-refractivity contribution in [2.45, 2.75) is 13.0 Å². The molecule has 0 saturated carbocycles. The lowest BCUT2D eigenvalue weighted by atomic mass is 10.1. The molecule has 1 N–H and O–H groups in total. The number of amides is 1. The highest BCUT2D eigenvalue weighted by Gasteiger charge is 2.07. The van der Waals surface area contributed by atoms with E-state index in [9.17, 15) is 9.18 Å². The van der Waals surface area contributed by atoms with Gasteiger partial charge in [0.15, 0.2) is 0 Å². The maximum absolute atomic E-state index is 13.4. The second kappa shape index (κ2) is 6.48. The highest BCUT2D eigenvalue weighted by molar-refractivity contribution is 5.94. The predicted octanol–water partition coefficient (Wildman–Crippen LogP) is 2.82. The maximum Gasteiger partial charge on any atom is 0.251 e. The molecule has 0 saturated heterocycles. The van der Waals surface area contributed by atoms with Crippen LogP contribution in [0.2, 0.25) is 0 Å². The fraction of sp³-hybridized carbons (Fsp3) is 0.125. The molecule has 0 fully saturated rings. The van der Waals surface area contributed by atoms with Crippen molar-refractivity contribution >= 4 is 5.91 Å². The normalized spacial score (nSPS) is 9.80. The van der Waals surface area contributed by atoms with Crippen LogP contribution in [0.25, 0.3) is 0 Å². The van der Waals surface area contributed by atoms with Gasteiger partial charge in [0.05, 0.1) is 12.5 Å². The summed E-state index contributed by atoms with van der Waals surface area (Å²) in [7, 11) is 0. The van der Waals surface area contributed by atoms with Crippen LogP contribution in [0.1, 0.15) is 21.5 Å². The number of nitriles is 1. The van der Waals surface area contributed by atoms with Gasteiger partial charge in [0.1, 0.15) is 5.82 Å². The zero-order valence-electron chi connectivity index (χ0n) is 10.8. The minimum atomic E-state index is -0.336. The first-order chi connectivity index (χ1) is 9.70. The SMILES string of the molecule is N#CCc1ccc(C(=O)NCc2ccccc2F)cc1. The molecule has 0 unspecified atom stereocenters. The van der Waals surface area contributed by atoms with Gasteiger partial charge in [-0.05, 0) is 23.8 Å². The standard InChI is InChI=1S/C16H13FN2O/c17-15-4-2-1-3-14(15)11-19-16(20)13-7-5-12(6-8-13)9-10-18/h1-8H,9,11H2,(H,19,20). The van der Waals surface area contributed by atoms with Crippen molar-refractivity contribution in [1.82, 2.24) is 5.32 Å². The maximum atomic E-state index is 13.4. The Labute approximate surface area is 116 Å². The van der Waals surface area contributed by atoms with Crippen LogP contribution in [0.5, 0.6) is 0 Å². The molecule has 3 nitrogen and oxygen atoms in total. The van der Waals surface area contributed by atoms with Crippen molar-refractivity contribution in [3.63, 3.8) is 0 Å². The molecule has 1 amide bonds. The van der Waals surface area contributed by atoms with E-state index in [0.29, 0.717) is 17.5 Å². The van der Waals surface area contributed by atoms with Crippen molar-refractivity contribution in [2.24, 2.45) is 0 Å². The molecule has 0 atom stereocenters. The van der Waals surface area contributed by atoms with Crippen LogP contribution in [0, 0.1) is 17.1 Å². The molecule has 2 aromatic rings. The number of nitrogens with one attached hydrogen (secondary N) is 1. The van der Waals surface area contributed by atoms with Gasteiger partial charge < -0.3 is 5.32 Å². The second-order valence-corrected chi connectivity index (χ2v) is 4.31. The molecule has 0 aromatic heterocycles. The number of rotatable bonds is 4. The summed E-state index contributed by atoms with van der Waals surface area (Å²) < 4.78 is 13.4. The molecule has 0 radical (unpaired) electrons. The van der Waals surface area contributed by atoms with E-state index >= 15 is 0 Å². The molecule has 100 valence electrons. The Hall–Kier alpha value is -2.67. The van der Waals surface area contributed by atoms with Crippen molar-refractivity contribution < 1.29 is 9.18 Å². The Balaban J connectivity index is 1.98. The Morgan fingerprint density at radius 2 is 1.85 bits per heavy atom. The fourth-order valence-corrected chi connectivity index (χ4v) is 1.78. The monoisotopic (exact) mass is 268 g/mol. The molecule has 0 bridgehead atoms. The van der Waals surface area contributed by atoms with Crippen molar-refractivity contribution in [3.8, 4) is 6.07 Å². The van der Waals surface area contributed by atoms with Crippen LogP contribution in [-0.4, -0.2) is 5.91 Å². The third-order valence-corrected chi connectivity index (χ3v) is 2.90. The van der Waals surface area contributed by atoms with E-state index in [1.54, 1.807) is 42.5 Å². The van der Waals surface area contributed by atoms with Gasteiger partial charge in [-0.2, -0.15) is 5.26 Å². The minimum Gasteiger partial charge on any atom is -0.348 e. The molecule has 20 heavy (non-hydrogen) atoms. The quantitative estimate of drug-likeness (QED) is 0.927. The Kier molecular flexibility index (Phi) is 4.46. The largest absolute Gasteiger partial charge is 0.348 e. The Morgan fingerprint density at radius 1 is 1.15 bits per heavy atom. The molecule has 0 spiro atoms. The lowest BCUT2D eigenvalue weighted by Crippen LogP contribution is -2.23. The summed E-state index contributed by atoms with van der Waals surface area (Å²) in [6, 6.07) is 15.1. The van der Waals surface area contributed by atoms with Crippen molar-refractivity contribution in [3.05, 3.63) is 71.0 Å². The smallest absolute Gasteiger partial charge is 0.251 e. The molecular weight excluding hydrogens is 255 g/mol. The third-order valence-electron chi connectivity index (χ3n) is 2.90. The van der Waals surface area contributed by atoms with Crippen LogP contribution in [0.15, 0.2) is 48.5 Å². The summed E-state index contributed by atoms with van der Waals surface area (Å²) in [5.74, 6) is -0.603. The average molecular weight is 268 g/mol. The molecule has 2 rings (SSSR count). The zero-order chi connectivity index (χ0) is 14.4. The first kappa shape index (κ1) is 13.8. The molecule has 0 aliphatic heterocycles. The summed E-state index contributed by atoms with van der Waals surface area (Å²) >= 11 is 0. The zero-order valence-corrected chi connectivity index (χ0v) is 10.8. The van der Waals surface area contributed by atoms with Crippen LogP contribution in [0.4, 0.5) is 4.39 Å². The van der Waals surface area contributed by atoms with Crippen molar-refractivity contribution in [1.29, 1.82) is 5.26 Å². The molecule has 0 heterocycles. The van der Waals surface area contributed by atoms with Gasteiger partial charge in [0.2, 0.25) is 0 Å². The number of carbonyl (C=O) groups excluding carboxylic acids is 1. The number of hydrogen-bond acceptors (Lipinski definition) is 2. The van der Waals surface area contributed by atoms with Gasteiger partial charge in [-0.25, -0.2) is 4.39 Å². The summed E-state index contributed by atoms with van der Waals surface area (Å²) in [6.45, 7) is 0.144. The van der Waals surface area contributed by atoms with E-state index in [1.807, 2.05) is 6.07 Å². The topological polar surface area (TPSA) is 52.9 Å². The minimum absolute atomic E-state index is 0.144. The average Bonchev–Trinajstić information content (AvgIpc) is 2.47. The number of benzene rings is 2. The molecular formula is C16H13FN2O.